The highest BCUT2D eigenvalue weighted by Crippen LogP contribution is 2.38. The van der Waals surface area contributed by atoms with Crippen LogP contribution < -0.4 is 10.6 Å². The number of amides is 1. The molecule has 1 heterocycles. The fourth-order valence-corrected chi connectivity index (χ4v) is 3.43. The summed E-state index contributed by atoms with van der Waals surface area (Å²) < 4.78 is 13.5. The Bertz CT molecular complexity index is 593. The maximum absolute atomic E-state index is 13.5. The Morgan fingerprint density at radius 2 is 2.24 bits per heavy atom. The van der Waals surface area contributed by atoms with Crippen LogP contribution in [0.25, 0.3) is 0 Å². The summed E-state index contributed by atoms with van der Waals surface area (Å²) in [5.74, 6) is -0.254. The van der Waals surface area contributed by atoms with Crippen molar-refractivity contribution < 1.29 is 14.1 Å². The first kappa shape index (κ1) is 13.9. The van der Waals surface area contributed by atoms with Gasteiger partial charge in [-0.2, -0.15) is 4.39 Å². The monoisotopic (exact) mass is 293 g/mol. The number of nitro benzene ring substituents is 1. The van der Waals surface area contributed by atoms with E-state index in [1.54, 1.807) is 0 Å². The quantitative estimate of drug-likeness (QED) is 0.660. The van der Waals surface area contributed by atoms with Gasteiger partial charge in [-0.1, -0.05) is 6.42 Å². The molecule has 2 fully saturated rings. The Kier molecular flexibility index (Phi) is 3.59. The van der Waals surface area contributed by atoms with E-state index >= 15 is 0 Å². The average Bonchev–Trinajstić information content (AvgIpc) is 3.00. The molecule has 0 aromatic heterocycles. The first-order chi connectivity index (χ1) is 10.1. The Labute approximate surface area is 120 Å². The van der Waals surface area contributed by atoms with E-state index in [4.69, 9.17) is 0 Å². The smallest absolute Gasteiger partial charge is 0.304 e. The lowest BCUT2D eigenvalue weighted by Crippen LogP contribution is -2.39. The first-order valence-electron chi connectivity index (χ1n) is 7.04. The van der Waals surface area contributed by atoms with Crippen LogP contribution in [-0.4, -0.2) is 23.4 Å². The van der Waals surface area contributed by atoms with Crippen molar-refractivity contribution in [2.45, 2.75) is 25.3 Å². The van der Waals surface area contributed by atoms with Crippen LogP contribution in [0.2, 0.25) is 0 Å². The standard InChI is InChI=1S/C14H16FN3O3/c15-11-6-9(4-5-12(11)18(20)21)17-14(19)13-10-3-1-2-8(10)7-16-13/h4-6,8,10,13,16H,1-3,7H2,(H,17,19). The van der Waals surface area contributed by atoms with Crippen molar-refractivity contribution in [3.8, 4) is 0 Å². The van der Waals surface area contributed by atoms with Gasteiger partial charge in [0.2, 0.25) is 11.7 Å². The fourth-order valence-electron chi connectivity index (χ4n) is 3.43. The van der Waals surface area contributed by atoms with Crippen molar-refractivity contribution in [3.05, 3.63) is 34.1 Å². The number of anilines is 1. The van der Waals surface area contributed by atoms with E-state index in [-0.39, 0.29) is 17.6 Å². The molecule has 1 saturated carbocycles. The predicted molar refractivity (Wildman–Crippen MR) is 74.3 cm³/mol. The Balaban J connectivity index is 1.70. The third-order valence-corrected chi connectivity index (χ3v) is 4.44. The largest absolute Gasteiger partial charge is 0.325 e. The molecule has 3 atom stereocenters. The lowest BCUT2D eigenvalue weighted by Gasteiger charge is -2.17. The lowest BCUT2D eigenvalue weighted by molar-refractivity contribution is -0.387. The number of carbonyl (C=O) groups excluding carboxylic acids is 1. The van der Waals surface area contributed by atoms with Crippen molar-refractivity contribution in [3.63, 3.8) is 0 Å². The van der Waals surface area contributed by atoms with E-state index < -0.39 is 16.4 Å². The zero-order valence-corrected chi connectivity index (χ0v) is 11.3. The maximum Gasteiger partial charge on any atom is 0.304 e. The molecule has 1 aromatic rings. The number of hydrogen-bond acceptors (Lipinski definition) is 4. The van der Waals surface area contributed by atoms with E-state index in [2.05, 4.69) is 10.6 Å². The molecule has 2 N–H and O–H groups in total. The molecule has 0 bridgehead atoms. The number of rotatable bonds is 3. The predicted octanol–water partition coefficient (Wildman–Crippen LogP) is 2.06. The van der Waals surface area contributed by atoms with Crippen LogP contribution in [-0.2, 0) is 4.79 Å². The van der Waals surface area contributed by atoms with Crippen molar-refractivity contribution in [1.29, 1.82) is 0 Å². The summed E-state index contributed by atoms with van der Waals surface area (Å²) >= 11 is 0. The lowest BCUT2D eigenvalue weighted by atomic mass is 9.93. The molecule has 2 aliphatic rings. The van der Waals surface area contributed by atoms with E-state index in [1.165, 1.54) is 6.07 Å². The molecule has 1 aliphatic carbocycles. The van der Waals surface area contributed by atoms with Gasteiger partial charge < -0.3 is 10.6 Å². The number of fused-ring (bicyclic) bond motifs is 1. The summed E-state index contributed by atoms with van der Waals surface area (Å²) in [6.45, 7) is 0.845. The van der Waals surface area contributed by atoms with Gasteiger partial charge in [0.15, 0.2) is 0 Å². The van der Waals surface area contributed by atoms with E-state index in [0.29, 0.717) is 11.8 Å². The minimum atomic E-state index is -0.948. The Morgan fingerprint density at radius 1 is 1.43 bits per heavy atom. The van der Waals surface area contributed by atoms with E-state index in [1.807, 2.05) is 0 Å². The molecule has 3 rings (SSSR count). The molecule has 1 aliphatic heterocycles. The summed E-state index contributed by atoms with van der Waals surface area (Å²) in [6.07, 6.45) is 3.32. The topological polar surface area (TPSA) is 84.3 Å². The third-order valence-electron chi connectivity index (χ3n) is 4.44. The number of nitrogens with one attached hydrogen (secondary N) is 2. The Hall–Kier alpha value is -2.02. The normalized spacial score (nSPS) is 27.4. The fraction of sp³-hybridized carbons (Fsp3) is 0.500. The SMILES string of the molecule is O=C(Nc1ccc([N+](=O)[O-])c(F)c1)C1NCC2CCCC21. The average molecular weight is 293 g/mol. The maximum atomic E-state index is 13.5. The molecule has 6 nitrogen and oxygen atoms in total. The molecule has 3 unspecified atom stereocenters. The molecule has 1 saturated heterocycles. The summed E-state index contributed by atoms with van der Waals surface area (Å²) in [5.41, 5.74) is -0.353. The van der Waals surface area contributed by atoms with Gasteiger partial charge in [0.1, 0.15) is 0 Å². The summed E-state index contributed by atoms with van der Waals surface area (Å²) in [5, 5.41) is 16.4. The van der Waals surface area contributed by atoms with Crippen LogP contribution in [0.1, 0.15) is 19.3 Å². The van der Waals surface area contributed by atoms with Gasteiger partial charge in [0.05, 0.1) is 11.0 Å². The van der Waals surface area contributed by atoms with Crippen LogP contribution in [0, 0.1) is 27.8 Å². The first-order valence-corrected chi connectivity index (χ1v) is 7.04. The van der Waals surface area contributed by atoms with Crippen molar-refractivity contribution >= 4 is 17.3 Å². The Morgan fingerprint density at radius 3 is 2.95 bits per heavy atom. The van der Waals surface area contributed by atoms with Gasteiger partial charge in [0.25, 0.3) is 0 Å². The summed E-state index contributed by atoms with van der Waals surface area (Å²) in [4.78, 5) is 22.0. The van der Waals surface area contributed by atoms with Gasteiger partial charge in [0, 0.05) is 17.8 Å². The second-order valence-electron chi connectivity index (χ2n) is 5.65. The molecule has 7 heteroatoms. The number of benzene rings is 1. The summed E-state index contributed by atoms with van der Waals surface area (Å²) in [6, 6.07) is 3.14. The molecular formula is C14H16FN3O3. The molecule has 0 spiro atoms. The van der Waals surface area contributed by atoms with Gasteiger partial charge in [-0.05, 0) is 37.3 Å². The van der Waals surface area contributed by atoms with Crippen molar-refractivity contribution in [2.75, 3.05) is 11.9 Å². The number of halogens is 1. The number of hydrogen-bond donors (Lipinski definition) is 2. The van der Waals surface area contributed by atoms with Gasteiger partial charge in [-0.25, -0.2) is 0 Å². The highest BCUT2D eigenvalue weighted by Gasteiger charge is 2.42. The van der Waals surface area contributed by atoms with Gasteiger partial charge in [-0.15, -0.1) is 0 Å². The van der Waals surface area contributed by atoms with Crippen LogP contribution in [0.3, 0.4) is 0 Å². The highest BCUT2D eigenvalue weighted by molar-refractivity contribution is 5.95. The summed E-state index contributed by atoms with van der Waals surface area (Å²) in [7, 11) is 0. The zero-order chi connectivity index (χ0) is 15.0. The van der Waals surface area contributed by atoms with Crippen LogP contribution in [0.4, 0.5) is 15.8 Å². The van der Waals surface area contributed by atoms with Gasteiger partial charge in [-0.3, -0.25) is 14.9 Å². The number of nitro groups is 1. The minimum Gasteiger partial charge on any atom is -0.325 e. The molecule has 112 valence electrons. The molecule has 1 amide bonds. The third kappa shape index (κ3) is 2.61. The molecule has 21 heavy (non-hydrogen) atoms. The van der Waals surface area contributed by atoms with Crippen molar-refractivity contribution in [1.82, 2.24) is 5.32 Å². The minimum absolute atomic E-state index is 0.197. The molecule has 1 aromatic carbocycles. The number of nitrogens with zero attached hydrogens (tertiary/aromatic N) is 1. The van der Waals surface area contributed by atoms with Gasteiger partial charge >= 0.3 is 5.69 Å². The number of carbonyl (C=O) groups is 1. The zero-order valence-electron chi connectivity index (χ0n) is 11.3. The van der Waals surface area contributed by atoms with Crippen molar-refractivity contribution in [2.24, 2.45) is 11.8 Å². The van der Waals surface area contributed by atoms with E-state index in [9.17, 15) is 19.3 Å². The molecular weight excluding hydrogens is 277 g/mol. The second-order valence-corrected chi connectivity index (χ2v) is 5.65. The highest BCUT2D eigenvalue weighted by atomic mass is 19.1. The van der Waals surface area contributed by atoms with Crippen LogP contribution in [0.5, 0.6) is 0 Å². The van der Waals surface area contributed by atoms with E-state index in [0.717, 1.165) is 37.9 Å². The molecule has 0 radical (unpaired) electrons. The van der Waals surface area contributed by atoms with Crippen LogP contribution >= 0.6 is 0 Å². The van der Waals surface area contributed by atoms with Crippen LogP contribution in [0.15, 0.2) is 18.2 Å². The second kappa shape index (κ2) is 5.40.